The van der Waals surface area contributed by atoms with Gasteiger partial charge >= 0.3 is 0 Å². The van der Waals surface area contributed by atoms with E-state index >= 15 is 0 Å². The first-order chi connectivity index (χ1) is 14.6. The van der Waals surface area contributed by atoms with Crippen LogP contribution in [0.3, 0.4) is 0 Å². The Morgan fingerprint density at radius 1 is 1.23 bits per heavy atom. The van der Waals surface area contributed by atoms with Crippen molar-refractivity contribution in [1.29, 1.82) is 0 Å². The predicted octanol–water partition coefficient (Wildman–Crippen LogP) is 4.98. The van der Waals surface area contributed by atoms with Crippen LogP contribution in [0.5, 0.6) is 0 Å². The van der Waals surface area contributed by atoms with Gasteiger partial charge in [-0.05, 0) is 67.3 Å². The lowest BCUT2D eigenvalue weighted by molar-refractivity contribution is 0.539. The first-order valence-electron chi connectivity index (χ1n) is 10.3. The zero-order valence-corrected chi connectivity index (χ0v) is 17.5. The molecule has 0 bridgehead atoms. The number of fused-ring (bicyclic) bond motifs is 3. The van der Waals surface area contributed by atoms with E-state index < -0.39 is 0 Å². The van der Waals surface area contributed by atoms with Gasteiger partial charge < -0.3 is 10.6 Å². The molecule has 3 heterocycles. The van der Waals surface area contributed by atoms with Crippen LogP contribution in [0.1, 0.15) is 35.7 Å². The third-order valence-corrected chi connectivity index (χ3v) is 6.07. The van der Waals surface area contributed by atoms with Crippen molar-refractivity contribution >= 4 is 22.9 Å². The zero-order valence-electron chi connectivity index (χ0n) is 16.8. The van der Waals surface area contributed by atoms with E-state index in [0.717, 1.165) is 49.4 Å². The van der Waals surface area contributed by atoms with Gasteiger partial charge in [-0.3, -0.25) is 0 Å². The van der Waals surface area contributed by atoms with Gasteiger partial charge in [0.1, 0.15) is 5.82 Å². The fourth-order valence-corrected chi connectivity index (χ4v) is 4.66. The molecule has 2 aliphatic rings. The van der Waals surface area contributed by atoms with Gasteiger partial charge in [0.05, 0.1) is 17.4 Å². The molecule has 0 saturated heterocycles. The van der Waals surface area contributed by atoms with Gasteiger partial charge in [0.25, 0.3) is 0 Å². The van der Waals surface area contributed by atoms with Crippen molar-refractivity contribution in [1.82, 2.24) is 20.3 Å². The Labute approximate surface area is 179 Å². The van der Waals surface area contributed by atoms with E-state index in [1.54, 1.807) is 6.07 Å². The van der Waals surface area contributed by atoms with Crippen molar-refractivity contribution in [2.75, 3.05) is 18.4 Å². The number of aryl methyl sites for hydroxylation is 2. The minimum Gasteiger partial charge on any atom is -0.378 e. The number of halogens is 2. The molecule has 3 aromatic rings. The molecule has 1 atom stereocenters. The third kappa shape index (κ3) is 3.61. The summed E-state index contributed by atoms with van der Waals surface area (Å²) in [6, 6.07) is 11.2. The Morgan fingerprint density at radius 2 is 2.13 bits per heavy atom. The fraction of sp³-hybridized carbons (Fsp3) is 0.304. The Kier molecular flexibility index (Phi) is 5.05. The van der Waals surface area contributed by atoms with Crippen LogP contribution in [0.25, 0.3) is 16.8 Å². The molecule has 0 radical (unpaired) electrons. The number of aromatic nitrogens is 3. The Morgan fingerprint density at radius 3 is 2.93 bits per heavy atom. The molecule has 2 aromatic carbocycles. The number of hydrogen-bond donors (Lipinski definition) is 2. The van der Waals surface area contributed by atoms with Crippen LogP contribution in [0.2, 0.25) is 5.02 Å². The maximum absolute atomic E-state index is 13.9. The highest BCUT2D eigenvalue weighted by atomic mass is 35.5. The predicted molar refractivity (Wildman–Crippen MR) is 118 cm³/mol. The summed E-state index contributed by atoms with van der Waals surface area (Å²) in [5.41, 5.74) is 7.54. The second kappa shape index (κ2) is 7.85. The molecule has 2 N–H and O–H groups in total. The van der Waals surface area contributed by atoms with Crippen LogP contribution >= 0.6 is 11.6 Å². The Hall–Kier alpha value is -2.70. The van der Waals surface area contributed by atoms with Crippen molar-refractivity contribution in [2.24, 2.45) is 0 Å². The fourth-order valence-electron chi connectivity index (χ4n) is 4.44. The summed E-state index contributed by atoms with van der Waals surface area (Å²) in [4.78, 5) is 0. The maximum Gasteiger partial charge on any atom is 0.126 e. The standard InChI is InChI=1S/C23H23ClFN5/c1-14-23-20-3-2-16(15-4-7-26-8-5-15)10-21(20)22(6-9-30(23)29-28-14)27-19-12-17(24)11-18(25)13-19/h2-4,10-13,22,26-27H,5-9H2,1H3. The molecule has 0 saturated carbocycles. The van der Waals surface area contributed by atoms with Gasteiger partial charge in [-0.2, -0.15) is 0 Å². The van der Waals surface area contributed by atoms with Crippen LogP contribution < -0.4 is 10.6 Å². The van der Waals surface area contributed by atoms with Crippen LogP contribution in [0.15, 0.2) is 42.5 Å². The van der Waals surface area contributed by atoms with E-state index in [1.165, 1.54) is 28.8 Å². The molecule has 0 fully saturated rings. The smallest absolute Gasteiger partial charge is 0.126 e. The van der Waals surface area contributed by atoms with Crippen molar-refractivity contribution in [2.45, 2.75) is 32.4 Å². The average Bonchev–Trinajstić information content (AvgIpc) is 3.03. The minimum atomic E-state index is -0.347. The summed E-state index contributed by atoms with van der Waals surface area (Å²) in [5.74, 6) is -0.347. The Bertz CT molecular complexity index is 1120. The summed E-state index contributed by atoms with van der Waals surface area (Å²) in [6.45, 7) is 4.60. The van der Waals surface area contributed by atoms with E-state index in [2.05, 4.69) is 45.2 Å². The second-order valence-electron chi connectivity index (χ2n) is 7.88. The summed E-state index contributed by atoms with van der Waals surface area (Å²) in [6.07, 6.45) is 4.07. The van der Waals surface area contributed by atoms with Gasteiger partial charge in [-0.15, -0.1) is 5.10 Å². The monoisotopic (exact) mass is 423 g/mol. The van der Waals surface area contributed by atoms with Gasteiger partial charge in [0, 0.05) is 29.4 Å². The number of nitrogens with zero attached hydrogens (tertiary/aromatic N) is 3. The van der Waals surface area contributed by atoms with Crippen LogP contribution in [-0.4, -0.2) is 28.1 Å². The molecule has 1 unspecified atom stereocenters. The first-order valence-corrected chi connectivity index (χ1v) is 10.6. The molecule has 0 aliphatic carbocycles. The van der Waals surface area contributed by atoms with Crippen LogP contribution in [0.4, 0.5) is 10.1 Å². The van der Waals surface area contributed by atoms with Gasteiger partial charge in [-0.1, -0.05) is 35.0 Å². The summed E-state index contributed by atoms with van der Waals surface area (Å²) >= 11 is 6.09. The number of benzene rings is 2. The van der Waals surface area contributed by atoms with E-state index in [-0.39, 0.29) is 11.9 Å². The summed E-state index contributed by atoms with van der Waals surface area (Å²) in [5, 5.41) is 15.9. The minimum absolute atomic E-state index is 0.00114. The highest BCUT2D eigenvalue weighted by molar-refractivity contribution is 6.30. The van der Waals surface area contributed by atoms with Gasteiger partial charge in [-0.25, -0.2) is 9.07 Å². The lowest BCUT2D eigenvalue weighted by Gasteiger charge is -2.23. The molecular weight excluding hydrogens is 401 g/mol. The molecule has 0 spiro atoms. The quantitative estimate of drug-likeness (QED) is 0.623. The molecular formula is C23H23ClFN5. The molecule has 5 rings (SSSR count). The van der Waals surface area contributed by atoms with E-state index in [1.807, 2.05) is 11.6 Å². The largest absolute Gasteiger partial charge is 0.378 e. The Balaban J connectivity index is 1.61. The molecule has 5 nitrogen and oxygen atoms in total. The third-order valence-electron chi connectivity index (χ3n) is 5.85. The molecule has 2 aliphatic heterocycles. The van der Waals surface area contributed by atoms with E-state index in [9.17, 15) is 4.39 Å². The molecule has 154 valence electrons. The maximum atomic E-state index is 13.9. The van der Waals surface area contributed by atoms with E-state index in [4.69, 9.17) is 11.6 Å². The van der Waals surface area contributed by atoms with E-state index in [0.29, 0.717) is 10.7 Å². The van der Waals surface area contributed by atoms with Gasteiger partial charge in [0.15, 0.2) is 0 Å². The summed E-state index contributed by atoms with van der Waals surface area (Å²) < 4.78 is 15.9. The van der Waals surface area contributed by atoms with Crippen molar-refractivity contribution in [3.05, 3.63) is 70.1 Å². The number of hydrogen-bond acceptors (Lipinski definition) is 4. The molecule has 30 heavy (non-hydrogen) atoms. The lowest BCUT2D eigenvalue weighted by atomic mass is 9.90. The number of anilines is 1. The van der Waals surface area contributed by atoms with Crippen molar-refractivity contribution in [3.63, 3.8) is 0 Å². The second-order valence-corrected chi connectivity index (χ2v) is 8.31. The molecule has 0 amide bonds. The first kappa shape index (κ1) is 19.3. The van der Waals surface area contributed by atoms with Gasteiger partial charge in [0.2, 0.25) is 0 Å². The number of nitrogens with one attached hydrogen (secondary N) is 2. The average molecular weight is 424 g/mol. The topological polar surface area (TPSA) is 54.8 Å². The highest BCUT2D eigenvalue weighted by Crippen LogP contribution is 2.39. The van der Waals surface area contributed by atoms with Crippen molar-refractivity contribution in [3.8, 4) is 11.3 Å². The number of rotatable bonds is 3. The highest BCUT2D eigenvalue weighted by Gasteiger charge is 2.26. The molecule has 1 aromatic heterocycles. The van der Waals surface area contributed by atoms with Crippen LogP contribution in [-0.2, 0) is 6.54 Å². The lowest BCUT2D eigenvalue weighted by Crippen LogP contribution is -2.20. The summed E-state index contributed by atoms with van der Waals surface area (Å²) in [7, 11) is 0. The zero-order chi connectivity index (χ0) is 20.7. The van der Waals surface area contributed by atoms with Crippen LogP contribution in [0, 0.1) is 12.7 Å². The van der Waals surface area contributed by atoms with Crippen molar-refractivity contribution < 1.29 is 4.39 Å². The molecule has 7 heteroatoms. The SMILES string of the molecule is Cc1nnn2c1-c1ccc(C3=CCNCC3)cc1C(Nc1cc(F)cc(Cl)c1)CC2. The normalized spacial score (nSPS) is 18.2.